The van der Waals surface area contributed by atoms with E-state index in [1.165, 1.54) is 32.5 Å². The molecular weight excluding hydrogens is 210 g/mol. The van der Waals surface area contributed by atoms with Crippen LogP contribution in [0.3, 0.4) is 0 Å². The molecule has 0 saturated carbocycles. The number of nitrogens with one attached hydrogen (secondary N) is 1. The van der Waals surface area contributed by atoms with E-state index in [1.54, 1.807) is 0 Å². The van der Waals surface area contributed by atoms with Crippen LogP contribution < -0.4 is 5.32 Å². The molecule has 0 aromatic carbocycles. The van der Waals surface area contributed by atoms with Crippen molar-refractivity contribution in [2.75, 3.05) is 53.4 Å². The molecule has 0 atom stereocenters. The molecule has 0 aliphatic heterocycles. The van der Waals surface area contributed by atoms with Crippen molar-refractivity contribution in [1.82, 2.24) is 15.1 Å². The van der Waals surface area contributed by atoms with Crippen LogP contribution in [0.1, 0.15) is 33.6 Å². The second-order valence-electron chi connectivity index (χ2n) is 5.60. The van der Waals surface area contributed by atoms with Gasteiger partial charge in [0, 0.05) is 19.6 Å². The van der Waals surface area contributed by atoms with E-state index in [9.17, 15) is 0 Å². The molecule has 0 fully saturated rings. The largest absolute Gasteiger partial charge is 0.317 e. The Morgan fingerprint density at radius 1 is 1.00 bits per heavy atom. The van der Waals surface area contributed by atoms with Crippen molar-refractivity contribution in [3.8, 4) is 0 Å². The SMILES string of the molecule is CCCNCCCN(CCN(C)C)CC(C)C. The zero-order valence-corrected chi connectivity index (χ0v) is 12.6. The Bertz CT molecular complexity index is 158. The summed E-state index contributed by atoms with van der Waals surface area (Å²) in [4.78, 5) is 4.86. The molecule has 104 valence electrons. The number of likely N-dealkylation sites (N-methyl/N-ethyl adjacent to an activating group) is 1. The molecule has 0 aliphatic rings. The van der Waals surface area contributed by atoms with Gasteiger partial charge in [0.05, 0.1) is 0 Å². The fraction of sp³-hybridized carbons (Fsp3) is 1.00. The highest BCUT2D eigenvalue weighted by molar-refractivity contribution is 4.63. The Labute approximate surface area is 109 Å². The maximum absolute atomic E-state index is 3.47. The van der Waals surface area contributed by atoms with E-state index in [0.29, 0.717) is 0 Å². The Balaban J connectivity index is 3.69. The Hall–Kier alpha value is -0.120. The lowest BCUT2D eigenvalue weighted by molar-refractivity contribution is 0.216. The van der Waals surface area contributed by atoms with Gasteiger partial charge < -0.3 is 15.1 Å². The van der Waals surface area contributed by atoms with Gasteiger partial charge in [-0.1, -0.05) is 20.8 Å². The van der Waals surface area contributed by atoms with Gasteiger partial charge in [0.25, 0.3) is 0 Å². The average Bonchev–Trinajstić information content (AvgIpc) is 2.24. The Morgan fingerprint density at radius 3 is 2.24 bits per heavy atom. The molecule has 0 heterocycles. The molecule has 0 aromatic rings. The molecule has 1 N–H and O–H groups in total. The maximum atomic E-state index is 3.47. The predicted molar refractivity (Wildman–Crippen MR) is 77.6 cm³/mol. The standard InChI is InChI=1S/C14H33N3/c1-6-8-15-9-7-10-17(13-14(2)3)12-11-16(4)5/h14-15H,6-13H2,1-5H3. The van der Waals surface area contributed by atoms with Crippen molar-refractivity contribution in [2.24, 2.45) is 5.92 Å². The van der Waals surface area contributed by atoms with E-state index in [2.05, 4.69) is 50.0 Å². The van der Waals surface area contributed by atoms with Crippen molar-refractivity contribution >= 4 is 0 Å². The van der Waals surface area contributed by atoms with Crippen LogP contribution in [0.25, 0.3) is 0 Å². The van der Waals surface area contributed by atoms with Crippen LogP contribution in [0, 0.1) is 5.92 Å². The first kappa shape index (κ1) is 16.9. The van der Waals surface area contributed by atoms with Crippen molar-refractivity contribution < 1.29 is 0 Å². The highest BCUT2D eigenvalue weighted by Gasteiger charge is 2.07. The molecule has 0 amide bonds. The van der Waals surface area contributed by atoms with Gasteiger partial charge in [0.1, 0.15) is 0 Å². The van der Waals surface area contributed by atoms with Gasteiger partial charge in [-0.3, -0.25) is 0 Å². The first-order chi connectivity index (χ1) is 8.06. The summed E-state index contributed by atoms with van der Waals surface area (Å²) in [5.41, 5.74) is 0. The fourth-order valence-electron chi connectivity index (χ4n) is 1.88. The van der Waals surface area contributed by atoms with E-state index < -0.39 is 0 Å². The van der Waals surface area contributed by atoms with Gasteiger partial charge >= 0.3 is 0 Å². The maximum Gasteiger partial charge on any atom is 0.0109 e. The van der Waals surface area contributed by atoms with E-state index >= 15 is 0 Å². The van der Waals surface area contributed by atoms with E-state index in [0.717, 1.165) is 25.6 Å². The second kappa shape index (κ2) is 11.0. The summed E-state index contributed by atoms with van der Waals surface area (Å²) in [7, 11) is 4.30. The first-order valence-electron chi connectivity index (χ1n) is 7.14. The van der Waals surface area contributed by atoms with E-state index in [1.807, 2.05) is 0 Å². The summed E-state index contributed by atoms with van der Waals surface area (Å²) in [5.74, 6) is 0.765. The van der Waals surface area contributed by atoms with Crippen molar-refractivity contribution in [3.05, 3.63) is 0 Å². The van der Waals surface area contributed by atoms with Crippen LogP contribution in [-0.2, 0) is 0 Å². The van der Waals surface area contributed by atoms with E-state index in [-0.39, 0.29) is 0 Å². The minimum absolute atomic E-state index is 0.765. The lowest BCUT2D eigenvalue weighted by Crippen LogP contribution is -2.36. The Morgan fingerprint density at radius 2 is 1.71 bits per heavy atom. The third-order valence-electron chi connectivity index (χ3n) is 2.74. The van der Waals surface area contributed by atoms with Gasteiger partial charge in [0.15, 0.2) is 0 Å². The van der Waals surface area contributed by atoms with Crippen molar-refractivity contribution in [1.29, 1.82) is 0 Å². The van der Waals surface area contributed by atoms with Gasteiger partial charge in [0.2, 0.25) is 0 Å². The second-order valence-corrected chi connectivity index (χ2v) is 5.60. The topological polar surface area (TPSA) is 18.5 Å². The molecule has 17 heavy (non-hydrogen) atoms. The lowest BCUT2D eigenvalue weighted by Gasteiger charge is -2.25. The monoisotopic (exact) mass is 243 g/mol. The molecule has 3 heteroatoms. The van der Waals surface area contributed by atoms with Gasteiger partial charge in [-0.15, -0.1) is 0 Å². The first-order valence-corrected chi connectivity index (χ1v) is 7.14. The molecule has 0 unspecified atom stereocenters. The molecular formula is C14H33N3. The summed E-state index contributed by atoms with van der Waals surface area (Å²) < 4.78 is 0. The summed E-state index contributed by atoms with van der Waals surface area (Å²) in [6.07, 6.45) is 2.50. The third-order valence-corrected chi connectivity index (χ3v) is 2.74. The van der Waals surface area contributed by atoms with Gasteiger partial charge in [-0.2, -0.15) is 0 Å². The molecule has 0 spiro atoms. The van der Waals surface area contributed by atoms with Crippen LogP contribution >= 0.6 is 0 Å². The summed E-state index contributed by atoms with van der Waals surface area (Å²) in [5, 5.41) is 3.47. The number of rotatable bonds is 11. The molecule has 0 radical (unpaired) electrons. The van der Waals surface area contributed by atoms with Crippen molar-refractivity contribution in [2.45, 2.75) is 33.6 Å². The molecule has 0 bridgehead atoms. The van der Waals surface area contributed by atoms with Crippen molar-refractivity contribution in [3.63, 3.8) is 0 Å². The zero-order chi connectivity index (χ0) is 13.1. The van der Waals surface area contributed by atoms with Gasteiger partial charge in [-0.25, -0.2) is 0 Å². The van der Waals surface area contributed by atoms with Crippen LogP contribution in [0.4, 0.5) is 0 Å². The van der Waals surface area contributed by atoms with Crippen LogP contribution in [0.5, 0.6) is 0 Å². The summed E-state index contributed by atoms with van der Waals surface area (Å²) in [6.45, 7) is 13.9. The summed E-state index contributed by atoms with van der Waals surface area (Å²) in [6, 6.07) is 0. The molecule has 0 aliphatic carbocycles. The Kier molecular flexibility index (Phi) is 10.9. The smallest absolute Gasteiger partial charge is 0.0109 e. The highest BCUT2D eigenvalue weighted by atomic mass is 15.2. The molecule has 3 nitrogen and oxygen atoms in total. The van der Waals surface area contributed by atoms with Crippen LogP contribution in [-0.4, -0.2) is 63.2 Å². The van der Waals surface area contributed by atoms with Crippen LogP contribution in [0.15, 0.2) is 0 Å². The normalized spacial score (nSPS) is 12.0. The third kappa shape index (κ3) is 12.1. The minimum Gasteiger partial charge on any atom is -0.317 e. The minimum atomic E-state index is 0.765. The number of hydrogen-bond acceptors (Lipinski definition) is 3. The van der Waals surface area contributed by atoms with Crippen LogP contribution in [0.2, 0.25) is 0 Å². The number of hydrogen-bond donors (Lipinski definition) is 1. The number of nitrogens with zero attached hydrogens (tertiary/aromatic N) is 2. The average molecular weight is 243 g/mol. The fourth-order valence-corrected chi connectivity index (χ4v) is 1.88. The highest BCUT2D eigenvalue weighted by Crippen LogP contribution is 2.00. The molecule has 0 saturated heterocycles. The van der Waals surface area contributed by atoms with Gasteiger partial charge in [-0.05, 0) is 52.5 Å². The lowest BCUT2D eigenvalue weighted by atomic mass is 10.2. The van der Waals surface area contributed by atoms with E-state index in [4.69, 9.17) is 0 Å². The summed E-state index contributed by atoms with van der Waals surface area (Å²) >= 11 is 0. The quantitative estimate of drug-likeness (QED) is 0.559. The zero-order valence-electron chi connectivity index (χ0n) is 12.6. The molecule has 0 rings (SSSR count). The predicted octanol–water partition coefficient (Wildman–Crippen LogP) is 1.90. The molecule has 0 aromatic heterocycles.